The summed E-state index contributed by atoms with van der Waals surface area (Å²) in [5, 5.41) is 5.36. The molecule has 0 unspecified atom stereocenters. The van der Waals surface area contributed by atoms with Crippen LogP contribution in [0.15, 0.2) is 54.6 Å². The zero-order valence-electron chi connectivity index (χ0n) is 15.2. The number of nitrogens with one attached hydrogen (secondary N) is 2. The minimum atomic E-state index is -4.43. The van der Waals surface area contributed by atoms with Crippen LogP contribution >= 0.6 is 0 Å². The lowest BCUT2D eigenvalue weighted by molar-refractivity contribution is -0.137. The van der Waals surface area contributed by atoms with Gasteiger partial charge < -0.3 is 10.6 Å². The van der Waals surface area contributed by atoms with Gasteiger partial charge in [0.1, 0.15) is 5.41 Å². The standard InChI is InChI=1S/C21H21F3N2O2/c22-21(23,24)16-8-10-17(11-9-16)26-19(28)20(12-13-20)18(27)25-14-4-7-15-5-2-1-3-6-15/h1-3,5-6,8-11H,4,7,12-14H2,(H,25,27)(H,26,28). The first kappa shape index (κ1) is 19.9. The van der Waals surface area contributed by atoms with Crippen LogP contribution < -0.4 is 10.6 Å². The third-order valence-corrected chi connectivity index (χ3v) is 4.86. The largest absolute Gasteiger partial charge is 0.416 e. The first-order chi connectivity index (χ1) is 13.3. The number of hydrogen-bond acceptors (Lipinski definition) is 2. The smallest absolute Gasteiger partial charge is 0.355 e. The van der Waals surface area contributed by atoms with E-state index in [1.807, 2.05) is 30.3 Å². The van der Waals surface area contributed by atoms with Crippen molar-refractivity contribution in [1.82, 2.24) is 5.32 Å². The molecule has 7 heteroatoms. The molecule has 1 fully saturated rings. The Balaban J connectivity index is 1.49. The molecule has 3 rings (SSSR count). The summed E-state index contributed by atoms with van der Waals surface area (Å²) in [6.07, 6.45) is -1.98. The summed E-state index contributed by atoms with van der Waals surface area (Å²) in [6.45, 7) is 0.461. The predicted octanol–water partition coefficient (Wildman–Crippen LogP) is 4.17. The third kappa shape index (κ3) is 4.71. The second-order valence-electron chi connectivity index (χ2n) is 6.96. The summed E-state index contributed by atoms with van der Waals surface area (Å²) >= 11 is 0. The van der Waals surface area contributed by atoms with Gasteiger partial charge in [-0.25, -0.2) is 0 Å². The minimum Gasteiger partial charge on any atom is -0.355 e. The normalized spacial score (nSPS) is 15.0. The van der Waals surface area contributed by atoms with Crippen LogP contribution in [0.1, 0.15) is 30.4 Å². The van der Waals surface area contributed by atoms with E-state index in [2.05, 4.69) is 10.6 Å². The molecule has 1 aliphatic rings. The number of benzene rings is 2. The van der Waals surface area contributed by atoms with Crippen LogP contribution in [0.2, 0.25) is 0 Å². The molecule has 2 aromatic carbocycles. The molecular formula is C21H21F3N2O2. The van der Waals surface area contributed by atoms with E-state index in [4.69, 9.17) is 0 Å². The number of alkyl halides is 3. The summed E-state index contributed by atoms with van der Waals surface area (Å²) in [7, 11) is 0. The quantitative estimate of drug-likeness (QED) is 0.551. The molecule has 0 heterocycles. The molecule has 148 valence electrons. The van der Waals surface area contributed by atoms with Crippen molar-refractivity contribution in [2.75, 3.05) is 11.9 Å². The number of halogens is 3. The van der Waals surface area contributed by atoms with Crippen LogP contribution in [-0.2, 0) is 22.2 Å². The summed E-state index contributed by atoms with van der Waals surface area (Å²) in [4.78, 5) is 24.9. The van der Waals surface area contributed by atoms with E-state index in [-0.39, 0.29) is 11.6 Å². The molecule has 2 amide bonds. The maximum atomic E-state index is 12.6. The molecule has 2 aromatic rings. The lowest BCUT2D eigenvalue weighted by Crippen LogP contribution is -2.40. The summed E-state index contributed by atoms with van der Waals surface area (Å²) < 4.78 is 37.8. The monoisotopic (exact) mass is 390 g/mol. The van der Waals surface area contributed by atoms with Crippen molar-refractivity contribution in [2.24, 2.45) is 5.41 Å². The Bertz CT molecular complexity index is 829. The van der Waals surface area contributed by atoms with E-state index in [9.17, 15) is 22.8 Å². The van der Waals surface area contributed by atoms with E-state index >= 15 is 0 Å². The number of carbonyl (C=O) groups is 2. The number of carbonyl (C=O) groups excluding carboxylic acids is 2. The molecule has 1 aliphatic carbocycles. The van der Waals surface area contributed by atoms with Gasteiger partial charge in [0, 0.05) is 12.2 Å². The second kappa shape index (κ2) is 8.04. The Morgan fingerprint density at radius 2 is 1.57 bits per heavy atom. The van der Waals surface area contributed by atoms with Gasteiger partial charge in [-0.15, -0.1) is 0 Å². The number of rotatable bonds is 7. The summed E-state index contributed by atoms with van der Waals surface area (Å²) in [5.74, 6) is -0.808. The van der Waals surface area contributed by atoms with E-state index in [0.29, 0.717) is 19.4 Å². The second-order valence-corrected chi connectivity index (χ2v) is 6.96. The lowest BCUT2D eigenvalue weighted by atomic mass is 10.0. The van der Waals surface area contributed by atoms with Crippen molar-refractivity contribution in [1.29, 1.82) is 0 Å². The van der Waals surface area contributed by atoms with Crippen LogP contribution in [0.25, 0.3) is 0 Å². The van der Waals surface area contributed by atoms with Crippen LogP contribution in [-0.4, -0.2) is 18.4 Å². The number of hydrogen-bond donors (Lipinski definition) is 2. The van der Waals surface area contributed by atoms with Gasteiger partial charge in [-0.05, 0) is 55.5 Å². The molecule has 0 aliphatic heterocycles. The Morgan fingerprint density at radius 1 is 0.929 bits per heavy atom. The highest BCUT2D eigenvalue weighted by Gasteiger charge is 2.56. The van der Waals surface area contributed by atoms with E-state index in [0.717, 1.165) is 25.0 Å². The molecule has 0 aromatic heterocycles. The zero-order valence-corrected chi connectivity index (χ0v) is 15.2. The maximum Gasteiger partial charge on any atom is 0.416 e. The molecule has 0 radical (unpaired) electrons. The van der Waals surface area contributed by atoms with Crippen LogP contribution in [0.4, 0.5) is 18.9 Å². The molecule has 0 saturated heterocycles. The van der Waals surface area contributed by atoms with Crippen molar-refractivity contribution < 1.29 is 22.8 Å². The summed E-state index contributed by atoms with van der Waals surface area (Å²) in [5.41, 5.74) is -0.489. The molecule has 0 atom stereocenters. The molecule has 0 spiro atoms. The van der Waals surface area contributed by atoms with Crippen molar-refractivity contribution >= 4 is 17.5 Å². The number of anilines is 1. The van der Waals surface area contributed by atoms with Gasteiger partial charge in [0.15, 0.2) is 0 Å². The zero-order chi connectivity index (χ0) is 20.2. The average Bonchev–Trinajstić information content (AvgIpc) is 3.48. The van der Waals surface area contributed by atoms with Gasteiger partial charge in [-0.2, -0.15) is 13.2 Å². The van der Waals surface area contributed by atoms with Gasteiger partial charge in [-0.1, -0.05) is 30.3 Å². The Morgan fingerprint density at radius 3 is 2.14 bits per heavy atom. The van der Waals surface area contributed by atoms with E-state index < -0.39 is 23.1 Å². The van der Waals surface area contributed by atoms with E-state index in [1.54, 1.807) is 0 Å². The average molecular weight is 390 g/mol. The number of amides is 2. The fourth-order valence-corrected chi connectivity index (χ4v) is 2.98. The fourth-order valence-electron chi connectivity index (χ4n) is 2.98. The fraction of sp³-hybridized carbons (Fsp3) is 0.333. The highest BCUT2D eigenvalue weighted by molar-refractivity contribution is 6.13. The molecule has 1 saturated carbocycles. The van der Waals surface area contributed by atoms with Gasteiger partial charge in [-0.3, -0.25) is 9.59 Å². The van der Waals surface area contributed by atoms with Crippen LogP contribution in [0.5, 0.6) is 0 Å². The van der Waals surface area contributed by atoms with Gasteiger partial charge in [0.2, 0.25) is 11.8 Å². The molecular weight excluding hydrogens is 369 g/mol. The first-order valence-corrected chi connectivity index (χ1v) is 9.12. The summed E-state index contributed by atoms with van der Waals surface area (Å²) in [6, 6.07) is 14.1. The number of aryl methyl sites for hydroxylation is 1. The molecule has 4 nitrogen and oxygen atoms in total. The van der Waals surface area contributed by atoms with Crippen molar-refractivity contribution in [3.8, 4) is 0 Å². The Hall–Kier alpha value is -2.83. The highest BCUT2D eigenvalue weighted by atomic mass is 19.4. The van der Waals surface area contributed by atoms with Crippen LogP contribution in [0.3, 0.4) is 0 Å². The van der Waals surface area contributed by atoms with Crippen LogP contribution in [0, 0.1) is 5.41 Å². The third-order valence-electron chi connectivity index (χ3n) is 4.86. The molecule has 0 bridgehead atoms. The van der Waals surface area contributed by atoms with Crippen molar-refractivity contribution in [2.45, 2.75) is 31.9 Å². The van der Waals surface area contributed by atoms with Gasteiger partial charge in [0.05, 0.1) is 5.56 Å². The molecule has 2 N–H and O–H groups in total. The lowest BCUT2D eigenvalue weighted by Gasteiger charge is -2.16. The van der Waals surface area contributed by atoms with Gasteiger partial charge >= 0.3 is 6.18 Å². The topological polar surface area (TPSA) is 58.2 Å². The van der Waals surface area contributed by atoms with E-state index in [1.165, 1.54) is 17.7 Å². The van der Waals surface area contributed by atoms with Crippen molar-refractivity contribution in [3.05, 3.63) is 65.7 Å². The Kier molecular flexibility index (Phi) is 5.72. The first-order valence-electron chi connectivity index (χ1n) is 9.12. The highest BCUT2D eigenvalue weighted by Crippen LogP contribution is 2.47. The minimum absolute atomic E-state index is 0.237. The maximum absolute atomic E-state index is 12.6. The Labute approximate surface area is 161 Å². The van der Waals surface area contributed by atoms with Gasteiger partial charge in [0.25, 0.3) is 0 Å². The molecule has 28 heavy (non-hydrogen) atoms. The predicted molar refractivity (Wildman–Crippen MR) is 99.5 cm³/mol. The van der Waals surface area contributed by atoms with Crippen molar-refractivity contribution in [3.63, 3.8) is 0 Å². The SMILES string of the molecule is O=C(NCCCc1ccccc1)C1(C(=O)Nc2ccc(C(F)(F)F)cc2)CC1.